The average Bonchev–Trinajstić information content (AvgIpc) is 2.87. The third-order valence-electron chi connectivity index (χ3n) is 4.20. The number of ether oxygens (including phenoxy) is 3. The molecule has 0 atom stereocenters. The first-order valence-corrected chi connectivity index (χ1v) is 9.67. The molecule has 1 N–H and O–H groups in total. The fraction of sp³-hybridized carbons (Fsp3) is 0.381. The number of rotatable bonds is 10. The molecule has 2 rings (SSSR count). The number of aryl methyl sites for hydroxylation is 1. The summed E-state index contributed by atoms with van der Waals surface area (Å²) in [5, 5.41) is 9.10. The molecule has 166 valence electrons. The minimum Gasteiger partial charge on any atom is -0.489 e. The number of aliphatic carboxylic acids is 1. The Balaban J connectivity index is 2.57. The van der Waals surface area contributed by atoms with Crippen LogP contribution in [-0.2, 0) is 25.6 Å². The van der Waals surface area contributed by atoms with Gasteiger partial charge < -0.3 is 23.9 Å². The van der Waals surface area contributed by atoms with Crippen LogP contribution in [0.15, 0.2) is 33.9 Å². The smallest absolute Gasteiger partial charge is 0.355 e. The van der Waals surface area contributed by atoms with Crippen LogP contribution in [0.2, 0.25) is 0 Å². The highest BCUT2D eigenvalue weighted by Crippen LogP contribution is 2.17. The topological polar surface area (TPSA) is 138 Å². The number of hydrogen-bond donors (Lipinski definition) is 1. The zero-order chi connectivity index (χ0) is 23.0. The zero-order valence-corrected chi connectivity index (χ0v) is 17.2. The van der Waals surface area contributed by atoms with E-state index in [1.165, 1.54) is 16.7 Å². The van der Waals surface area contributed by atoms with Crippen molar-refractivity contribution in [2.75, 3.05) is 19.8 Å². The maximum Gasteiger partial charge on any atom is 0.355 e. The number of esters is 2. The van der Waals surface area contributed by atoms with E-state index in [1.807, 2.05) is 0 Å². The molecule has 0 aliphatic carbocycles. The lowest BCUT2D eigenvalue weighted by atomic mass is 10.2. The van der Waals surface area contributed by atoms with Crippen molar-refractivity contribution in [2.24, 2.45) is 0 Å². The Morgan fingerprint density at radius 1 is 0.968 bits per heavy atom. The molecule has 0 aliphatic heterocycles. The Labute approximate surface area is 177 Å². The molecule has 0 unspecified atom stereocenters. The highest BCUT2D eigenvalue weighted by Gasteiger charge is 2.18. The minimum absolute atomic E-state index is 0.0478. The Kier molecular flexibility index (Phi) is 8.30. The van der Waals surface area contributed by atoms with Crippen molar-refractivity contribution in [3.63, 3.8) is 0 Å². The fourth-order valence-corrected chi connectivity index (χ4v) is 2.86. The molecule has 0 spiro atoms. The van der Waals surface area contributed by atoms with Gasteiger partial charge in [0.2, 0.25) is 5.43 Å². The molecular weight excluding hydrogens is 410 g/mol. The van der Waals surface area contributed by atoms with E-state index in [-0.39, 0.29) is 61.6 Å². The van der Waals surface area contributed by atoms with Crippen LogP contribution in [-0.4, -0.2) is 47.4 Å². The highest BCUT2D eigenvalue weighted by molar-refractivity contribution is 5.92. The van der Waals surface area contributed by atoms with E-state index in [0.29, 0.717) is 0 Å². The number of nitrogens with zero attached hydrogens (tertiary/aromatic N) is 1. The molecule has 1 aromatic carbocycles. The van der Waals surface area contributed by atoms with E-state index in [0.717, 1.165) is 12.1 Å². The molecule has 10 heteroatoms. The van der Waals surface area contributed by atoms with Crippen LogP contribution in [0.25, 0.3) is 10.9 Å². The van der Waals surface area contributed by atoms with Gasteiger partial charge in [0.15, 0.2) is 11.2 Å². The Morgan fingerprint density at radius 2 is 1.68 bits per heavy atom. The summed E-state index contributed by atoms with van der Waals surface area (Å²) in [5.74, 6) is -2.54. The molecule has 2 aromatic rings. The molecule has 0 saturated carbocycles. The molecule has 31 heavy (non-hydrogen) atoms. The molecule has 1 aromatic heterocycles. The first-order chi connectivity index (χ1) is 14.8. The first kappa shape index (κ1) is 23.6. The summed E-state index contributed by atoms with van der Waals surface area (Å²) in [7, 11) is 0. The lowest BCUT2D eigenvalue weighted by Crippen LogP contribution is -2.21. The average molecular weight is 433 g/mol. The number of pyridine rings is 1. The second-order valence-electron chi connectivity index (χ2n) is 6.32. The van der Waals surface area contributed by atoms with Gasteiger partial charge in [0.05, 0.1) is 38.2 Å². The quantitative estimate of drug-likeness (QED) is 0.550. The first-order valence-electron chi connectivity index (χ1n) is 9.67. The standard InChI is InChI=1S/C21H23NO9/c1-3-29-20(27)8-10-31-18-11-13-14(5-6-16(18)23)22(9-7-19(25)26)15(12-17(13)24)21(28)30-4-2/h5-6,11-12H,3-4,7-10H2,1-2H3,(H,25,26). The van der Waals surface area contributed by atoms with Crippen molar-refractivity contribution in [3.05, 3.63) is 50.4 Å². The largest absolute Gasteiger partial charge is 0.489 e. The highest BCUT2D eigenvalue weighted by atomic mass is 16.5. The number of aromatic nitrogens is 1. The third kappa shape index (κ3) is 6.14. The van der Waals surface area contributed by atoms with E-state index >= 15 is 0 Å². The van der Waals surface area contributed by atoms with Crippen LogP contribution >= 0.6 is 0 Å². The summed E-state index contributed by atoms with van der Waals surface area (Å²) in [5.41, 5.74) is -1.07. The maximum absolute atomic E-state index is 12.7. The van der Waals surface area contributed by atoms with Gasteiger partial charge in [-0.05, 0) is 32.0 Å². The van der Waals surface area contributed by atoms with Gasteiger partial charge in [-0.1, -0.05) is 0 Å². The van der Waals surface area contributed by atoms with Gasteiger partial charge >= 0.3 is 17.9 Å². The molecular formula is C21H23NO9. The predicted molar refractivity (Wildman–Crippen MR) is 109 cm³/mol. The summed E-state index contributed by atoms with van der Waals surface area (Å²) >= 11 is 0. The summed E-state index contributed by atoms with van der Waals surface area (Å²) in [6.07, 6.45) is -0.407. The summed E-state index contributed by atoms with van der Waals surface area (Å²) in [4.78, 5) is 59.9. The Morgan fingerprint density at radius 3 is 2.32 bits per heavy atom. The molecule has 0 fully saturated rings. The van der Waals surface area contributed by atoms with Gasteiger partial charge in [-0.2, -0.15) is 0 Å². The Hall–Kier alpha value is -3.69. The van der Waals surface area contributed by atoms with E-state index in [9.17, 15) is 24.0 Å². The molecule has 1 heterocycles. The van der Waals surface area contributed by atoms with Crippen molar-refractivity contribution >= 4 is 28.8 Å². The van der Waals surface area contributed by atoms with Crippen molar-refractivity contribution in [2.45, 2.75) is 33.2 Å². The lowest BCUT2D eigenvalue weighted by molar-refractivity contribution is -0.143. The predicted octanol–water partition coefficient (Wildman–Crippen LogP) is 1.35. The number of carboxylic acids is 1. The number of carboxylic acid groups (broad SMARTS) is 1. The molecule has 10 nitrogen and oxygen atoms in total. The van der Waals surface area contributed by atoms with Crippen molar-refractivity contribution < 1.29 is 33.7 Å². The SMILES string of the molecule is CCOC(=O)CCOc1cc2c(=O)cc(C(=O)OCC)n(CCC(=O)O)c2ccc1=O. The third-order valence-corrected chi connectivity index (χ3v) is 4.20. The summed E-state index contributed by atoms with van der Waals surface area (Å²) in [6.45, 7) is 3.29. The Bertz CT molecular complexity index is 1100. The van der Waals surface area contributed by atoms with E-state index in [1.54, 1.807) is 13.8 Å². The van der Waals surface area contributed by atoms with Crippen LogP contribution < -0.4 is 15.6 Å². The van der Waals surface area contributed by atoms with Crippen LogP contribution in [0.5, 0.6) is 5.75 Å². The number of carbonyl (C=O) groups excluding carboxylic acids is 2. The van der Waals surface area contributed by atoms with Gasteiger partial charge in [-0.25, -0.2) is 4.79 Å². The van der Waals surface area contributed by atoms with Crippen molar-refractivity contribution in [1.29, 1.82) is 0 Å². The van der Waals surface area contributed by atoms with Crippen molar-refractivity contribution in [1.82, 2.24) is 4.57 Å². The van der Waals surface area contributed by atoms with Gasteiger partial charge in [-0.3, -0.25) is 19.2 Å². The normalized spacial score (nSPS) is 10.5. The maximum atomic E-state index is 12.7. The second-order valence-corrected chi connectivity index (χ2v) is 6.32. The van der Waals surface area contributed by atoms with E-state index in [4.69, 9.17) is 19.3 Å². The monoisotopic (exact) mass is 433 g/mol. The van der Waals surface area contributed by atoms with Crippen LogP contribution in [0.1, 0.15) is 37.2 Å². The summed E-state index contributed by atoms with van der Waals surface area (Å²) in [6, 6.07) is 4.72. The number of fused-ring (bicyclic) bond motifs is 1. The second kappa shape index (κ2) is 10.9. The van der Waals surface area contributed by atoms with Gasteiger partial charge in [-0.15, -0.1) is 0 Å². The molecule has 0 amide bonds. The van der Waals surface area contributed by atoms with Gasteiger partial charge in [0, 0.05) is 18.0 Å². The van der Waals surface area contributed by atoms with Crippen LogP contribution in [0.4, 0.5) is 0 Å². The van der Waals surface area contributed by atoms with E-state index in [2.05, 4.69) is 0 Å². The number of hydrogen-bond acceptors (Lipinski definition) is 8. The lowest BCUT2D eigenvalue weighted by Gasteiger charge is -2.14. The fourth-order valence-electron chi connectivity index (χ4n) is 2.86. The zero-order valence-electron chi connectivity index (χ0n) is 17.2. The minimum atomic E-state index is -1.10. The van der Waals surface area contributed by atoms with Gasteiger partial charge in [0.1, 0.15) is 5.69 Å². The summed E-state index contributed by atoms with van der Waals surface area (Å²) < 4.78 is 16.5. The number of carbonyl (C=O) groups is 3. The molecule has 0 radical (unpaired) electrons. The van der Waals surface area contributed by atoms with Crippen molar-refractivity contribution in [3.8, 4) is 5.75 Å². The van der Waals surface area contributed by atoms with Crippen LogP contribution in [0.3, 0.4) is 0 Å². The van der Waals surface area contributed by atoms with Gasteiger partial charge in [0.25, 0.3) is 0 Å². The molecule has 0 saturated heterocycles. The van der Waals surface area contributed by atoms with E-state index < -0.39 is 28.8 Å². The molecule has 0 aliphatic rings. The van der Waals surface area contributed by atoms with Crippen LogP contribution in [0, 0.1) is 0 Å². The molecule has 0 bridgehead atoms.